The molecule has 0 fully saturated rings. The average Bonchev–Trinajstić information content (AvgIpc) is 2.53. The second kappa shape index (κ2) is 7.92. The van der Waals surface area contributed by atoms with Gasteiger partial charge in [-0.1, -0.05) is 30.3 Å². The summed E-state index contributed by atoms with van der Waals surface area (Å²) < 4.78 is 93.1. The summed E-state index contributed by atoms with van der Waals surface area (Å²) in [5.41, 5.74) is -5.37. The Kier molecular flexibility index (Phi) is 6.82. The SMILES string of the molecule is COC(=O)CS(=O)(=O)C(C)(COCc1ccccc1)S(=O)(=O)C(F)(F)F. The molecule has 0 heterocycles. The molecule has 1 aromatic carbocycles. The number of methoxy groups -OCH3 is 1. The van der Waals surface area contributed by atoms with Crippen molar-refractivity contribution in [3.05, 3.63) is 35.9 Å². The maximum atomic E-state index is 13.0. The van der Waals surface area contributed by atoms with Gasteiger partial charge < -0.3 is 9.47 Å². The normalized spacial score (nSPS) is 15.3. The summed E-state index contributed by atoms with van der Waals surface area (Å²) in [5.74, 6) is -2.93. The van der Waals surface area contributed by atoms with Crippen LogP contribution >= 0.6 is 0 Å². The number of halogens is 3. The molecule has 0 spiro atoms. The molecule has 148 valence electrons. The Morgan fingerprint density at radius 1 is 1.08 bits per heavy atom. The molecule has 26 heavy (non-hydrogen) atoms. The van der Waals surface area contributed by atoms with Crippen LogP contribution in [0, 0.1) is 0 Å². The predicted octanol–water partition coefficient (Wildman–Crippen LogP) is 1.44. The van der Waals surface area contributed by atoms with Crippen LogP contribution in [-0.4, -0.2) is 51.9 Å². The van der Waals surface area contributed by atoms with Gasteiger partial charge in [-0.2, -0.15) is 13.2 Å². The van der Waals surface area contributed by atoms with E-state index in [0.29, 0.717) is 12.5 Å². The van der Waals surface area contributed by atoms with E-state index in [1.165, 1.54) is 0 Å². The summed E-state index contributed by atoms with van der Waals surface area (Å²) in [5, 5.41) is 0. The zero-order chi connectivity index (χ0) is 20.2. The number of hydrogen-bond donors (Lipinski definition) is 0. The van der Waals surface area contributed by atoms with Crippen LogP contribution in [0.5, 0.6) is 0 Å². The Balaban J connectivity index is 3.23. The highest BCUT2D eigenvalue weighted by atomic mass is 32.3. The van der Waals surface area contributed by atoms with Crippen molar-refractivity contribution in [2.45, 2.75) is 23.1 Å². The Labute approximate surface area is 148 Å². The Hall–Kier alpha value is -1.66. The Morgan fingerprint density at radius 3 is 2.08 bits per heavy atom. The Morgan fingerprint density at radius 2 is 1.62 bits per heavy atom. The molecular weight excluding hydrogens is 401 g/mol. The topological polar surface area (TPSA) is 104 Å². The van der Waals surface area contributed by atoms with Gasteiger partial charge in [0.1, 0.15) is 5.75 Å². The number of benzene rings is 1. The maximum absolute atomic E-state index is 13.0. The third-order valence-corrected chi connectivity index (χ3v) is 8.88. The monoisotopic (exact) mass is 418 g/mol. The first kappa shape index (κ1) is 22.4. The standard InChI is InChI=1S/C14H17F3O7S2/c1-13(26(21,22)14(15,16)17,25(19,20)9-12(18)23-2)10-24-8-11-6-4-3-5-7-11/h3-7H,8-10H2,1-2H3. The van der Waals surface area contributed by atoms with Crippen molar-refractivity contribution in [2.24, 2.45) is 0 Å². The van der Waals surface area contributed by atoms with E-state index < -0.39 is 47.6 Å². The van der Waals surface area contributed by atoms with Crippen molar-refractivity contribution in [3.8, 4) is 0 Å². The van der Waals surface area contributed by atoms with E-state index in [1.807, 2.05) is 0 Å². The fourth-order valence-electron chi connectivity index (χ4n) is 1.87. The van der Waals surface area contributed by atoms with E-state index in [1.54, 1.807) is 30.3 Å². The zero-order valence-electron chi connectivity index (χ0n) is 13.8. The minimum absolute atomic E-state index is 0.322. The van der Waals surface area contributed by atoms with Gasteiger partial charge >= 0.3 is 11.5 Å². The van der Waals surface area contributed by atoms with E-state index in [-0.39, 0.29) is 6.61 Å². The second-order valence-electron chi connectivity index (χ2n) is 5.40. The molecule has 0 saturated heterocycles. The molecule has 0 saturated carbocycles. The van der Waals surface area contributed by atoms with E-state index in [2.05, 4.69) is 4.74 Å². The van der Waals surface area contributed by atoms with Gasteiger partial charge in [-0.05, 0) is 12.5 Å². The van der Waals surface area contributed by atoms with Gasteiger partial charge in [0.05, 0.1) is 20.3 Å². The number of carbonyl (C=O) groups excluding carboxylic acids is 1. The minimum atomic E-state index is -6.22. The van der Waals surface area contributed by atoms with Gasteiger partial charge in [-0.3, -0.25) is 4.79 Å². The van der Waals surface area contributed by atoms with Gasteiger partial charge in [0.15, 0.2) is 9.84 Å². The number of esters is 1. The number of carbonyl (C=O) groups is 1. The van der Waals surface area contributed by atoms with Crippen LogP contribution in [0.4, 0.5) is 13.2 Å². The molecule has 0 radical (unpaired) electrons. The third kappa shape index (κ3) is 4.54. The fraction of sp³-hybridized carbons (Fsp3) is 0.500. The molecule has 1 unspecified atom stereocenters. The molecular formula is C14H17F3O7S2. The van der Waals surface area contributed by atoms with Crippen molar-refractivity contribution >= 4 is 25.6 Å². The molecule has 1 rings (SSSR count). The lowest BCUT2D eigenvalue weighted by molar-refractivity contribution is -0.137. The average molecular weight is 418 g/mol. The predicted molar refractivity (Wildman–Crippen MR) is 85.3 cm³/mol. The minimum Gasteiger partial charge on any atom is -0.468 e. The molecule has 0 bridgehead atoms. The van der Waals surface area contributed by atoms with Crippen LogP contribution in [0.2, 0.25) is 0 Å². The molecule has 0 N–H and O–H groups in total. The Bertz CT molecular complexity index is 833. The van der Waals surface area contributed by atoms with Crippen LogP contribution in [0.25, 0.3) is 0 Å². The van der Waals surface area contributed by atoms with Crippen molar-refractivity contribution in [1.29, 1.82) is 0 Å². The van der Waals surface area contributed by atoms with Crippen LogP contribution < -0.4 is 0 Å². The van der Waals surface area contributed by atoms with Crippen molar-refractivity contribution in [1.82, 2.24) is 0 Å². The van der Waals surface area contributed by atoms with Gasteiger partial charge in [0.25, 0.3) is 9.84 Å². The van der Waals surface area contributed by atoms with Gasteiger partial charge in [0.2, 0.25) is 4.08 Å². The van der Waals surface area contributed by atoms with Gasteiger partial charge in [0, 0.05) is 0 Å². The molecule has 12 heteroatoms. The molecule has 0 aromatic heterocycles. The highest BCUT2D eigenvalue weighted by Gasteiger charge is 2.64. The fourth-order valence-corrected chi connectivity index (χ4v) is 5.40. The summed E-state index contributed by atoms with van der Waals surface area (Å²) in [6.45, 7) is -1.28. The molecule has 1 atom stereocenters. The number of hydrogen-bond acceptors (Lipinski definition) is 7. The highest BCUT2D eigenvalue weighted by molar-refractivity contribution is 8.11. The first-order valence-corrected chi connectivity index (χ1v) is 10.1. The largest absolute Gasteiger partial charge is 0.499 e. The molecule has 7 nitrogen and oxygen atoms in total. The van der Waals surface area contributed by atoms with E-state index in [9.17, 15) is 34.8 Å². The quantitative estimate of drug-likeness (QED) is 0.589. The van der Waals surface area contributed by atoms with Crippen LogP contribution in [0.15, 0.2) is 30.3 Å². The summed E-state index contributed by atoms with van der Waals surface area (Å²) in [4.78, 5) is 11.2. The van der Waals surface area contributed by atoms with Crippen molar-refractivity contribution < 1.29 is 44.3 Å². The number of ether oxygens (including phenoxy) is 2. The van der Waals surface area contributed by atoms with E-state index in [0.717, 1.165) is 7.11 Å². The lowest BCUT2D eigenvalue weighted by Crippen LogP contribution is -2.54. The molecule has 0 aliphatic rings. The third-order valence-electron chi connectivity index (χ3n) is 3.54. The first-order chi connectivity index (χ1) is 11.8. The van der Waals surface area contributed by atoms with Gasteiger partial charge in [-0.25, -0.2) is 16.8 Å². The number of alkyl halides is 3. The maximum Gasteiger partial charge on any atom is 0.499 e. The van der Waals surface area contributed by atoms with E-state index in [4.69, 9.17) is 4.74 Å². The summed E-state index contributed by atoms with van der Waals surface area (Å²) in [6.07, 6.45) is 0. The number of sulfone groups is 2. The highest BCUT2D eigenvalue weighted by Crippen LogP contribution is 2.38. The second-order valence-corrected chi connectivity index (χ2v) is 10.4. The summed E-state index contributed by atoms with van der Waals surface area (Å²) >= 11 is 0. The summed E-state index contributed by atoms with van der Waals surface area (Å²) in [6, 6.07) is 8.00. The smallest absolute Gasteiger partial charge is 0.468 e. The molecule has 0 amide bonds. The number of rotatable bonds is 8. The van der Waals surface area contributed by atoms with Crippen LogP contribution in [0.3, 0.4) is 0 Å². The molecule has 0 aliphatic heterocycles. The van der Waals surface area contributed by atoms with Gasteiger partial charge in [-0.15, -0.1) is 0 Å². The van der Waals surface area contributed by atoms with Crippen molar-refractivity contribution in [3.63, 3.8) is 0 Å². The lowest BCUT2D eigenvalue weighted by Gasteiger charge is -2.29. The van der Waals surface area contributed by atoms with Crippen molar-refractivity contribution in [2.75, 3.05) is 19.5 Å². The first-order valence-electron chi connectivity index (χ1n) is 7.00. The van der Waals surface area contributed by atoms with Crippen LogP contribution in [0.1, 0.15) is 12.5 Å². The zero-order valence-corrected chi connectivity index (χ0v) is 15.4. The molecule has 1 aromatic rings. The molecule has 0 aliphatic carbocycles. The lowest BCUT2D eigenvalue weighted by atomic mass is 10.2. The summed E-state index contributed by atoms with van der Waals surface area (Å²) in [7, 11) is -10.5. The van der Waals surface area contributed by atoms with E-state index >= 15 is 0 Å². The van der Waals surface area contributed by atoms with Crippen LogP contribution in [-0.2, 0) is 40.5 Å².